The van der Waals surface area contributed by atoms with Crippen molar-refractivity contribution in [3.8, 4) is 0 Å². The van der Waals surface area contributed by atoms with Crippen LogP contribution < -0.4 is 5.32 Å². The lowest BCUT2D eigenvalue weighted by Gasteiger charge is -2.29. The summed E-state index contributed by atoms with van der Waals surface area (Å²) in [5.41, 5.74) is 1.35. The smallest absolute Gasteiger partial charge is 0.0271 e. The zero-order chi connectivity index (χ0) is 13.5. The fourth-order valence-electron chi connectivity index (χ4n) is 2.90. The van der Waals surface area contributed by atoms with Gasteiger partial charge in [0.2, 0.25) is 0 Å². The second-order valence-corrected chi connectivity index (χ2v) is 5.66. The average Bonchev–Trinajstić information content (AvgIpc) is 2.96. The summed E-state index contributed by atoms with van der Waals surface area (Å²) in [5.74, 6) is 0. The Bertz CT molecular complexity index is 346. The van der Waals surface area contributed by atoms with Crippen molar-refractivity contribution in [2.75, 3.05) is 13.1 Å². The summed E-state index contributed by atoms with van der Waals surface area (Å²) in [6, 6.07) is 5.57. The maximum absolute atomic E-state index is 4.08. The number of likely N-dealkylation sites (N-methyl/N-ethyl adjacent to an activating group) is 1. The summed E-state index contributed by atoms with van der Waals surface area (Å²) < 4.78 is 0. The van der Waals surface area contributed by atoms with Gasteiger partial charge < -0.3 is 5.32 Å². The topological polar surface area (TPSA) is 28.2 Å². The largest absolute Gasteiger partial charge is 0.312 e. The van der Waals surface area contributed by atoms with Crippen LogP contribution in [0.2, 0.25) is 0 Å². The number of aromatic nitrogens is 1. The van der Waals surface area contributed by atoms with Gasteiger partial charge in [0, 0.05) is 37.6 Å². The molecule has 0 aliphatic heterocycles. The van der Waals surface area contributed by atoms with Crippen LogP contribution in [0.4, 0.5) is 0 Å². The van der Waals surface area contributed by atoms with Gasteiger partial charge in [0.15, 0.2) is 0 Å². The molecule has 1 aromatic rings. The Balaban J connectivity index is 1.79. The van der Waals surface area contributed by atoms with E-state index in [1.165, 1.54) is 31.2 Å². The maximum atomic E-state index is 4.08. The first-order valence-electron chi connectivity index (χ1n) is 7.66. The molecule has 0 spiro atoms. The molecular weight excluding hydrogens is 234 g/mol. The van der Waals surface area contributed by atoms with Crippen LogP contribution in [0, 0.1) is 0 Å². The third-order valence-corrected chi connectivity index (χ3v) is 4.22. The number of hydrogen-bond acceptors (Lipinski definition) is 3. The lowest BCUT2D eigenvalue weighted by molar-refractivity contribution is 0.202. The third kappa shape index (κ3) is 4.59. The molecule has 1 atom stereocenters. The molecule has 1 fully saturated rings. The summed E-state index contributed by atoms with van der Waals surface area (Å²) in [4.78, 5) is 6.61. The van der Waals surface area contributed by atoms with Crippen LogP contribution in [0.15, 0.2) is 24.5 Å². The van der Waals surface area contributed by atoms with Crippen LogP contribution in [0.1, 0.15) is 45.1 Å². The van der Waals surface area contributed by atoms with Crippen molar-refractivity contribution < 1.29 is 0 Å². The molecule has 0 saturated heterocycles. The second kappa shape index (κ2) is 7.61. The van der Waals surface area contributed by atoms with E-state index >= 15 is 0 Å². The van der Waals surface area contributed by atoms with Crippen molar-refractivity contribution >= 4 is 0 Å². The molecule has 1 heterocycles. The minimum absolute atomic E-state index is 0.582. The molecule has 1 saturated carbocycles. The van der Waals surface area contributed by atoms with Crippen LogP contribution in [0.25, 0.3) is 0 Å². The van der Waals surface area contributed by atoms with E-state index in [1.54, 1.807) is 0 Å². The molecule has 2 rings (SSSR count). The van der Waals surface area contributed by atoms with Gasteiger partial charge in [-0.3, -0.25) is 9.88 Å². The van der Waals surface area contributed by atoms with Gasteiger partial charge in [-0.25, -0.2) is 0 Å². The van der Waals surface area contributed by atoms with Crippen molar-refractivity contribution in [1.82, 2.24) is 15.2 Å². The number of hydrogen-bond donors (Lipinski definition) is 1. The highest BCUT2D eigenvalue weighted by Gasteiger charge is 2.17. The van der Waals surface area contributed by atoms with Gasteiger partial charge in [-0.2, -0.15) is 0 Å². The minimum atomic E-state index is 0.582. The SMILES string of the molecule is CCN(Cc1ccncc1)C(C)CNC1CCCC1. The Hall–Kier alpha value is -0.930. The molecule has 19 heavy (non-hydrogen) atoms. The number of rotatable bonds is 7. The Morgan fingerprint density at radius 2 is 2.00 bits per heavy atom. The van der Waals surface area contributed by atoms with Crippen LogP contribution in [-0.2, 0) is 6.54 Å². The first-order valence-corrected chi connectivity index (χ1v) is 7.66. The molecule has 0 radical (unpaired) electrons. The summed E-state index contributed by atoms with van der Waals surface area (Å²) in [6.07, 6.45) is 9.29. The van der Waals surface area contributed by atoms with Gasteiger partial charge >= 0.3 is 0 Å². The maximum Gasteiger partial charge on any atom is 0.0271 e. The Labute approximate surface area is 117 Å². The predicted molar refractivity (Wildman–Crippen MR) is 80.0 cm³/mol. The molecule has 1 aromatic heterocycles. The Morgan fingerprint density at radius 1 is 1.32 bits per heavy atom. The van der Waals surface area contributed by atoms with Crippen LogP contribution >= 0.6 is 0 Å². The molecule has 0 bridgehead atoms. The van der Waals surface area contributed by atoms with E-state index in [4.69, 9.17) is 0 Å². The van der Waals surface area contributed by atoms with Crippen LogP contribution in [0.5, 0.6) is 0 Å². The molecule has 1 aliphatic carbocycles. The molecule has 106 valence electrons. The first-order chi connectivity index (χ1) is 9.29. The highest BCUT2D eigenvalue weighted by atomic mass is 15.2. The van der Waals surface area contributed by atoms with E-state index < -0.39 is 0 Å². The summed E-state index contributed by atoms with van der Waals surface area (Å²) in [6.45, 7) is 7.78. The third-order valence-electron chi connectivity index (χ3n) is 4.22. The van der Waals surface area contributed by atoms with E-state index in [1.807, 2.05) is 12.4 Å². The predicted octanol–water partition coefficient (Wildman–Crippen LogP) is 2.82. The molecule has 1 aliphatic rings. The summed E-state index contributed by atoms with van der Waals surface area (Å²) in [5, 5.41) is 3.73. The van der Waals surface area contributed by atoms with Gasteiger partial charge in [-0.05, 0) is 44.0 Å². The molecule has 1 unspecified atom stereocenters. The van der Waals surface area contributed by atoms with E-state index in [-0.39, 0.29) is 0 Å². The quantitative estimate of drug-likeness (QED) is 0.818. The molecule has 0 aromatic carbocycles. The number of nitrogens with zero attached hydrogens (tertiary/aromatic N) is 2. The average molecular weight is 261 g/mol. The van der Waals surface area contributed by atoms with Crippen molar-refractivity contribution in [3.05, 3.63) is 30.1 Å². The fourth-order valence-corrected chi connectivity index (χ4v) is 2.90. The number of nitrogens with one attached hydrogen (secondary N) is 1. The lowest BCUT2D eigenvalue weighted by Crippen LogP contribution is -2.42. The molecule has 0 amide bonds. The molecule has 1 N–H and O–H groups in total. The first kappa shape index (κ1) is 14.5. The van der Waals surface area contributed by atoms with Crippen LogP contribution in [0.3, 0.4) is 0 Å². The fraction of sp³-hybridized carbons (Fsp3) is 0.688. The second-order valence-electron chi connectivity index (χ2n) is 5.66. The highest BCUT2D eigenvalue weighted by Crippen LogP contribution is 2.17. The van der Waals surface area contributed by atoms with Crippen molar-refractivity contribution in [1.29, 1.82) is 0 Å². The standard InChI is InChI=1S/C16H27N3/c1-3-19(13-15-8-10-17-11-9-15)14(2)12-18-16-6-4-5-7-16/h8-11,14,16,18H,3-7,12-13H2,1-2H3. The van der Waals surface area contributed by atoms with Gasteiger partial charge in [0.1, 0.15) is 0 Å². The van der Waals surface area contributed by atoms with E-state index in [0.717, 1.165) is 25.7 Å². The highest BCUT2D eigenvalue weighted by molar-refractivity contribution is 5.09. The van der Waals surface area contributed by atoms with Crippen LogP contribution in [-0.4, -0.2) is 35.1 Å². The monoisotopic (exact) mass is 261 g/mol. The zero-order valence-corrected chi connectivity index (χ0v) is 12.3. The molecule has 3 nitrogen and oxygen atoms in total. The van der Waals surface area contributed by atoms with Gasteiger partial charge in [-0.15, -0.1) is 0 Å². The Morgan fingerprint density at radius 3 is 2.63 bits per heavy atom. The van der Waals surface area contributed by atoms with Gasteiger partial charge in [0.25, 0.3) is 0 Å². The number of pyridine rings is 1. The minimum Gasteiger partial charge on any atom is -0.312 e. The molecule has 3 heteroatoms. The van der Waals surface area contributed by atoms with Gasteiger partial charge in [-0.1, -0.05) is 19.8 Å². The van der Waals surface area contributed by atoms with E-state index in [0.29, 0.717) is 6.04 Å². The lowest BCUT2D eigenvalue weighted by atomic mass is 10.2. The summed E-state index contributed by atoms with van der Waals surface area (Å²) >= 11 is 0. The normalized spacial score (nSPS) is 18.1. The van der Waals surface area contributed by atoms with Crippen molar-refractivity contribution in [2.24, 2.45) is 0 Å². The van der Waals surface area contributed by atoms with E-state index in [9.17, 15) is 0 Å². The van der Waals surface area contributed by atoms with Crippen molar-refractivity contribution in [2.45, 2.75) is 58.2 Å². The van der Waals surface area contributed by atoms with E-state index in [2.05, 4.69) is 41.2 Å². The van der Waals surface area contributed by atoms with Crippen molar-refractivity contribution in [3.63, 3.8) is 0 Å². The Kier molecular flexibility index (Phi) is 5.80. The zero-order valence-electron chi connectivity index (χ0n) is 12.3. The molecular formula is C16H27N3. The van der Waals surface area contributed by atoms with Gasteiger partial charge in [0.05, 0.1) is 0 Å². The summed E-state index contributed by atoms with van der Waals surface area (Å²) in [7, 11) is 0.